The summed E-state index contributed by atoms with van der Waals surface area (Å²) in [7, 11) is 0. The van der Waals surface area contributed by atoms with Gasteiger partial charge in [-0.3, -0.25) is 4.79 Å². The Labute approximate surface area is 109 Å². The second-order valence-corrected chi connectivity index (χ2v) is 5.93. The first kappa shape index (κ1) is 13.1. The van der Waals surface area contributed by atoms with E-state index in [1.54, 1.807) is 0 Å². The predicted octanol–water partition coefficient (Wildman–Crippen LogP) is 1.79. The van der Waals surface area contributed by atoms with E-state index >= 15 is 0 Å². The Morgan fingerprint density at radius 1 is 1.33 bits per heavy atom. The molecule has 18 heavy (non-hydrogen) atoms. The van der Waals surface area contributed by atoms with Gasteiger partial charge in [0.2, 0.25) is 5.91 Å². The monoisotopic (exact) mass is 246 g/mol. The zero-order valence-corrected chi connectivity index (χ0v) is 11.2. The maximum atomic E-state index is 11.8. The molecule has 0 saturated heterocycles. The summed E-state index contributed by atoms with van der Waals surface area (Å²) < 4.78 is 0. The summed E-state index contributed by atoms with van der Waals surface area (Å²) in [5, 5.41) is 3.10. The van der Waals surface area contributed by atoms with Crippen molar-refractivity contribution < 1.29 is 4.79 Å². The van der Waals surface area contributed by atoms with E-state index in [4.69, 9.17) is 5.73 Å². The number of carbonyl (C=O) groups excluding carboxylic acids is 1. The van der Waals surface area contributed by atoms with Crippen molar-refractivity contribution in [2.75, 3.05) is 0 Å². The lowest BCUT2D eigenvalue weighted by atomic mass is 10.00. The molecule has 2 rings (SSSR count). The molecular weight excluding hydrogens is 224 g/mol. The third-order valence-electron chi connectivity index (χ3n) is 3.41. The number of hydrogen-bond donors (Lipinski definition) is 2. The Morgan fingerprint density at radius 3 is 2.39 bits per heavy atom. The highest BCUT2D eigenvalue weighted by atomic mass is 16.1. The Morgan fingerprint density at radius 2 is 1.89 bits per heavy atom. The van der Waals surface area contributed by atoms with Crippen molar-refractivity contribution in [3.63, 3.8) is 0 Å². The first-order valence-corrected chi connectivity index (χ1v) is 6.59. The molecule has 3 heteroatoms. The first-order valence-electron chi connectivity index (χ1n) is 6.59. The molecule has 3 nitrogen and oxygen atoms in total. The molecule has 0 atom stereocenters. The Hall–Kier alpha value is -1.35. The summed E-state index contributed by atoms with van der Waals surface area (Å²) in [6.45, 7) is 3.90. The van der Waals surface area contributed by atoms with Gasteiger partial charge in [0.15, 0.2) is 0 Å². The number of hydrogen-bond acceptors (Lipinski definition) is 2. The normalized spacial score (nSPS) is 15.5. The van der Waals surface area contributed by atoms with Crippen molar-refractivity contribution in [1.29, 1.82) is 0 Å². The Kier molecular flexibility index (Phi) is 3.71. The SMILES string of the molecule is CC(C)(N)CCC(=O)NC1Cc2ccccc2C1. The molecule has 98 valence electrons. The third-order valence-corrected chi connectivity index (χ3v) is 3.41. The van der Waals surface area contributed by atoms with Gasteiger partial charge < -0.3 is 11.1 Å². The minimum absolute atomic E-state index is 0.117. The van der Waals surface area contributed by atoms with Gasteiger partial charge in [-0.15, -0.1) is 0 Å². The molecule has 0 bridgehead atoms. The molecule has 0 unspecified atom stereocenters. The van der Waals surface area contributed by atoms with Crippen LogP contribution in [0.1, 0.15) is 37.8 Å². The molecule has 3 N–H and O–H groups in total. The maximum absolute atomic E-state index is 11.8. The second kappa shape index (κ2) is 5.11. The molecule has 1 aliphatic carbocycles. The fraction of sp³-hybridized carbons (Fsp3) is 0.533. The lowest BCUT2D eigenvalue weighted by molar-refractivity contribution is -0.122. The first-order chi connectivity index (χ1) is 8.44. The van der Waals surface area contributed by atoms with Gasteiger partial charge in [-0.05, 0) is 44.2 Å². The van der Waals surface area contributed by atoms with Crippen LogP contribution in [0.4, 0.5) is 0 Å². The van der Waals surface area contributed by atoms with Crippen LogP contribution in [-0.4, -0.2) is 17.5 Å². The molecule has 0 fully saturated rings. The number of rotatable bonds is 4. The van der Waals surface area contributed by atoms with E-state index in [1.165, 1.54) is 11.1 Å². The zero-order valence-electron chi connectivity index (χ0n) is 11.2. The van der Waals surface area contributed by atoms with Gasteiger partial charge in [-0.1, -0.05) is 24.3 Å². The van der Waals surface area contributed by atoms with Gasteiger partial charge >= 0.3 is 0 Å². The van der Waals surface area contributed by atoms with Crippen LogP contribution in [-0.2, 0) is 17.6 Å². The van der Waals surface area contributed by atoms with E-state index < -0.39 is 0 Å². The lowest BCUT2D eigenvalue weighted by Crippen LogP contribution is -2.38. The predicted molar refractivity (Wildman–Crippen MR) is 73.3 cm³/mol. The fourth-order valence-corrected chi connectivity index (χ4v) is 2.40. The van der Waals surface area contributed by atoms with E-state index in [0.29, 0.717) is 6.42 Å². The van der Waals surface area contributed by atoms with E-state index in [1.807, 2.05) is 13.8 Å². The highest BCUT2D eigenvalue weighted by molar-refractivity contribution is 5.76. The molecule has 0 aromatic heterocycles. The Balaban J connectivity index is 1.81. The maximum Gasteiger partial charge on any atom is 0.220 e. The molecule has 1 amide bonds. The van der Waals surface area contributed by atoms with Crippen LogP contribution in [0, 0.1) is 0 Å². The molecule has 1 aliphatic rings. The zero-order chi connectivity index (χ0) is 13.2. The van der Waals surface area contributed by atoms with Crippen LogP contribution < -0.4 is 11.1 Å². The number of nitrogens with two attached hydrogens (primary N) is 1. The van der Waals surface area contributed by atoms with E-state index in [2.05, 4.69) is 29.6 Å². The smallest absolute Gasteiger partial charge is 0.220 e. The van der Waals surface area contributed by atoms with Gasteiger partial charge in [-0.2, -0.15) is 0 Å². The number of carbonyl (C=O) groups is 1. The molecule has 1 aromatic carbocycles. The van der Waals surface area contributed by atoms with E-state index in [-0.39, 0.29) is 17.5 Å². The van der Waals surface area contributed by atoms with Crippen molar-refractivity contribution >= 4 is 5.91 Å². The highest BCUT2D eigenvalue weighted by Gasteiger charge is 2.22. The molecule has 0 heterocycles. The van der Waals surface area contributed by atoms with Crippen molar-refractivity contribution in [1.82, 2.24) is 5.32 Å². The minimum atomic E-state index is -0.268. The van der Waals surface area contributed by atoms with Crippen LogP contribution in [0.3, 0.4) is 0 Å². The molecule has 0 aliphatic heterocycles. The van der Waals surface area contributed by atoms with Crippen LogP contribution in [0.2, 0.25) is 0 Å². The molecule has 0 spiro atoms. The quantitative estimate of drug-likeness (QED) is 0.851. The van der Waals surface area contributed by atoms with Crippen molar-refractivity contribution in [3.8, 4) is 0 Å². The minimum Gasteiger partial charge on any atom is -0.353 e. The molecular formula is C15H22N2O. The highest BCUT2D eigenvalue weighted by Crippen LogP contribution is 2.21. The van der Waals surface area contributed by atoms with Crippen molar-refractivity contribution in [2.45, 2.75) is 51.1 Å². The standard InChI is InChI=1S/C15H22N2O/c1-15(2,16)8-7-14(18)17-13-9-11-5-3-4-6-12(11)10-13/h3-6,13H,7-10,16H2,1-2H3,(H,17,18). The summed E-state index contributed by atoms with van der Waals surface area (Å²) in [6.07, 6.45) is 3.14. The summed E-state index contributed by atoms with van der Waals surface area (Å²) >= 11 is 0. The van der Waals surface area contributed by atoms with Crippen LogP contribution >= 0.6 is 0 Å². The topological polar surface area (TPSA) is 55.1 Å². The van der Waals surface area contributed by atoms with Gasteiger partial charge in [0.05, 0.1) is 0 Å². The van der Waals surface area contributed by atoms with E-state index in [9.17, 15) is 4.79 Å². The van der Waals surface area contributed by atoms with Crippen molar-refractivity contribution in [3.05, 3.63) is 35.4 Å². The van der Waals surface area contributed by atoms with E-state index in [0.717, 1.165) is 19.3 Å². The number of fused-ring (bicyclic) bond motifs is 1. The summed E-state index contributed by atoms with van der Waals surface area (Å²) in [6, 6.07) is 8.66. The summed E-state index contributed by atoms with van der Waals surface area (Å²) in [5.41, 5.74) is 8.34. The lowest BCUT2D eigenvalue weighted by Gasteiger charge is -2.19. The van der Waals surface area contributed by atoms with Gasteiger partial charge in [-0.25, -0.2) is 0 Å². The Bertz CT molecular complexity index is 409. The van der Waals surface area contributed by atoms with Crippen LogP contribution in [0.15, 0.2) is 24.3 Å². The number of nitrogens with one attached hydrogen (secondary N) is 1. The second-order valence-electron chi connectivity index (χ2n) is 5.93. The number of benzene rings is 1. The average molecular weight is 246 g/mol. The molecule has 0 radical (unpaired) electrons. The fourth-order valence-electron chi connectivity index (χ4n) is 2.40. The van der Waals surface area contributed by atoms with Gasteiger partial charge in [0.25, 0.3) is 0 Å². The van der Waals surface area contributed by atoms with Crippen LogP contribution in [0.25, 0.3) is 0 Å². The average Bonchev–Trinajstić information content (AvgIpc) is 2.67. The molecule has 1 aromatic rings. The summed E-state index contributed by atoms with van der Waals surface area (Å²) in [4.78, 5) is 11.8. The largest absolute Gasteiger partial charge is 0.353 e. The van der Waals surface area contributed by atoms with Crippen molar-refractivity contribution in [2.24, 2.45) is 5.73 Å². The van der Waals surface area contributed by atoms with Gasteiger partial charge in [0.1, 0.15) is 0 Å². The third kappa shape index (κ3) is 3.57. The van der Waals surface area contributed by atoms with Gasteiger partial charge in [0, 0.05) is 18.0 Å². The summed E-state index contributed by atoms with van der Waals surface area (Å²) in [5.74, 6) is 0.117. The molecule has 0 saturated carbocycles. The van der Waals surface area contributed by atoms with Crippen LogP contribution in [0.5, 0.6) is 0 Å². The number of amides is 1.